The monoisotopic (exact) mass is 403 g/mol. The van der Waals surface area contributed by atoms with Gasteiger partial charge in [0, 0.05) is 18.7 Å². The minimum atomic E-state index is -1.15. The van der Waals surface area contributed by atoms with Crippen LogP contribution in [0.2, 0.25) is 0 Å². The lowest BCUT2D eigenvalue weighted by Gasteiger charge is -2.05. The molecule has 0 saturated carbocycles. The van der Waals surface area contributed by atoms with Gasteiger partial charge in [-0.1, -0.05) is 37.1 Å². The number of amides is 1. The summed E-state index contributed by atoms with van der Waals surface area (Å²) in [6, 6.07) is 1.28. The van der Waals surface area contributed by atoms with Gasteiger partial charge < -0.3 is 14.6 Å². The molecule has 0 aliphatic rings. The molecular formula is C22H29NO6. The molecule has 0 saturated heterocycles. The van der Waals surface area contributed by atoms with Gasteiger partial charge in [-0.25, -0.2) is 9.59 Å². The van der Waals surface area contributed by atoms with Crippen LogP contribution in [0.25, 0.3) is 0 Å². The van der Waals surface area contributed by atoms with Crippen LogP contribution in [0.3, 0.4) is 0 Å². The van der Waals surface area contributed by atoms with Crippen molar-refractivity contribution >= 4 is 11.9 Å². The molecule has 0 aliphatic carbocycles. The Kier molecular flexibility index (Phi) is 10.2. The van der Waals surface area contributed by atoms with E-state index in [0.29, 0.717) is 24.8 Å². The lowest BCUT2D eigenvalue weighted by atomic mass is 10.0. The summed E-state index contributed by atoms with van der Waals surface area (Å²) < 4.78 is 5.17. The number of rotatable bonds is 11. The minimum Gasteiger partial charge on any atom is -0.507 e. The standard InChI is InChI=1S/C22H29NO6/c1-4-5-9-15(2)11-12-16(3)20(25)19-18(24)14-17(29-21(19)26)10-7-6-8-13-23-22(27)28/h8,11-14,23-24H,4-7,9-10H2,1-3H3,(H,27,28)/b13-8+,15-11-,16-12+. The number of carbonyl (C=O) groups is 2. The first-order valence-electron chi connectivity index (χ1n) is 9.65. The third kappa shape index (κ3) is 8.64. The summed E-state index contributed by atoms with van der Waals surface area (Å²) in [7, 11) is 0. The Morgan fingerprint density at radius 1 is 1.21 bits per heavy atom. The van der Waals surface area contributed by atoms with Crippen LogP contribution in [0.15, 0.2) is 50.9 Å². The maximum Gasteiger partial charge on any atom is 0.408 e. The number of aromatic hydroxyl groups is 1. The highest BCUT2D eigenvalue weighted by molar-refractivity contribution is 6.09. The SMILES string of the molecule is CCCC/C(C)=C\C=C(/C)C(=O)c1c(O)cc(CCC/C=C/NC(=O)O)oc1=O. The van der Waals surface area contributed by atoms with Crippen molar-refractivity contribution in [3.05, 3.63) is 63.4 Å². The first-order valence-corrected chi connectivity index (χ1v) is 9.65. The smallest absolute Gasteiger partial charge is 0.408 e. The van der Waals surface area contributed by atoms with E-state index in [2.05, 4.69) is 12.2 Å². The maximum atomic E-state index is 12.5. The van der Waals surface area contributed by atoms with Crippen LogP contribution in [-0.2, 0) is 6.42 Å². The van der Waals surface area contributed by atoms with Gasteiger partial charge in [0.2, 0.25) is 0 Å². The van der Waals surface area contributed by atoms with E-state index in [-0.39, 0.29) is 11.3 Å². The van der Waals surface area contributed by atoms with E-state index in [1.165, 1.54) is 12.3 Å². The van der Waals surface area contributed by atoms with Crippen molar-refractivity contribution in [3.63, 3.8) is 0 Å². The maximum absolute atomic E-state index is 12.5. The van der Waals surface area contributed by atoms with Crippen molar-refractivity contribution < 1.29 is 24.2 Å². The van der Waals surface area contributed by atoms with Gasteiger partial charge in [0.05, 0.1) is 0 Å². The molecule has 0 bridgehead atoms. The van der Waals surface area contributed by atoms with Crippen LogP contribution in [-0.4, -0.2) is 22.1 Å². The van der Waals surface area contributed by atoms with Crippen LogP contribution in [0.5, 0.6) is 5.75 Å². The minimum absolute atomic E-state index is 0.264. The van der Waals surface area contributed by atoms with Crippen molar-refractivity contribution in [2.24, 2.45) is 0 Å². The van der Waals surface area contributed by atoms with Gasteiger partial charge in [0.1, 0.15) is 17.1 Å². The summed E-state index contributed by atoms with van der Waals surface area (Å²) >= 11 is 0. The normalized spacial score (nSPS) is 12.4. The van der Waals surface area contributed by atoms with E-state index < -0.39 is 23.3 Å². The Labute approximate surface area is 170 Å². The molecule has 7 heteroatoms. The highest BCUT2D eigenvalue weighted by Crippen LogP contribution is 2.20. The average Bonchev–Trinajstić information content (AvgIpc) is 2.66. The third-order valence-electron chi connectivity index (χ3n) is 4.23. The number of carbonyl (C=O) groups excluding carboxylic acids is 1. The molecule has 1 aromatic heterocycles. The molecule has 1 rings (SSSR count). The van der Waals surface area contributed by atoms with Crippen molar-refractivity contribution in [1.82, 2.24) is 5.32 Å². The number of hydrogen-bond donors (Lipinski definition) is 3. The second kappa shape index (κ2) is 12.4. The predicted molar refractivity (Wildman–Crippen MR) is 111 cm³/mol. The lowest BCUT2D eigenvalue weighted by molar-refractivity contribution is 0.102. The fourth-order valence-corrected chi connectivity index (χ4v) is 2.55. The van der Waals surface area contributed by atoms with Crippen LogP contribution in [0.1, 0.15) is 69.0 Å². The molecular weight excluding hydrogens is 374 g/mol. The predicted octanol–water partition coefficient (Wildman–Crippen LogP) is 4.71. The number of ketones is 1. The summed E-state index contributed by atoms with van der Waals surface area (Å²) in [6.07, 6.45) is 9.89. The fraction of sp³-hybridized carbons (Fsp3) is 0.409. The van der Waals surface area contributed by atoms with E-state index in [9.17, 15) is 19.5 Å². The molecule has 0 atom stereocenters. The molecule has 158 valence electrons. The fourth-order valence-electron chi connectivity index (χ4n) is 2.55. The Bertz CT molecular complexity index is 861. The molecule has 29 heavy (non-hydrogen) atoms. The molecule has 7 nitrogen and oxygen atoms in total. The number of hydrogen-bond acceptors (Lipinski definition) is 5. The number of aryl methyl sites for hydroxylation is 1. The molecule has 0 unspecified atom stereocenters. The first kappa shape index (κ1) is 23.9. The Morgan fingerprint density at radius 3 is 2.55 bits per heavy atom. The third-order valence-corrected chi connectivity index (χ3v) is 4.23. The van der Waals surface area contributed by atoms with Crippen molar-refractivity contribution in [3.8, 4) is 5.75 Å². The number of carboxylic acid groups (broad SMARTS) is 1. The van der Waals surface area contributed by atoms with Crippen LogP contribution < -0.4 is 10.9 Å². The summed E-state index contributed by atoms with van der Waals surface area (Å²) in [5.74, 6) is -0.700. The molecule has 3 N–H and O–H groups in total. The lowest BCUT2D eigenvalue weighted by Crippen LogP contribution is -2.16. The van der Waals surface area contributed by atoms with Gasteiger partial charge >= 0.3 is 11.7 Å². The number of nitrogens with one attached hydrogen (secondary N) is 1. The quantitative estimate of drug-likeness (QED) is 0.213. The van der Waals surface area contributed by atoms with E-state index in [1.807, 2.05) is 13.0 Å². The largest absolute Gasteiger partial charge is 0.507 e. The highest BCUT2D eigenvalue weighted by atomic mass is 16.4. The van der Waals surface area contributed by atoms with Crippen molar-refractivity contribution in [2.75, 3.05) is 0 Å². The summed E-state index contributed by atoms with van der Waals surface area (Å²) in [5, 5.41) is 20.7. The second-order valence-electron chi connectivity index (χ2n) is 6.80. The van der Waals surface area contributed by atoms with E-state index >= 15 is 0 Å². The molecule has 1 amide bonds. The van der Waals surface area contributed by atoms with Crippen molar-refractivity contribution in [1.29, 1.82) is 0 Å². The molecule has 0 fully saturated rings. The Morgan fingerprint density at radius 2 is 1.93 bits per heavy atom. The molecule has 0 aliphatic heterocycles. The van der Waals surface area contributed by atoms with E-state index in [4.69, 9.17) is 9.52 Å². The van der Waals surface area contributed by atoms with Gasteiger partial charge in [-0.3, -0.25) is 10.1 Å². The number of allylic oxidation sites excluding steroid dienone is 5. The van der Waals surface area contributed by atoms with Crippen LogP contribution in [0.4, 0.5) is 4.79 Å². The first-order chi connectivity index (χ1) is 13.8. The number of unbranched alkanes of at least 4 members (excludes halogenated alkanes) is 2. The summed E-state index contributed by atoms with van der Waals surface area (Å²) in [6.45, 7) is 5.69. The van der Waals surface area contributed by atoms with Gasteiger partial charge in [-0.2, -0.15) is 0 Å². The van der Waals surface area contributed by atoms with Crippen LogP contribution >= 0.6 is 0 Å². The number of Topliss-reactive ketones (excluding diaryl/α,β-unsaturated/α-hetero) is 1. The summed E-state index contributed by atoms with van der Waals surface area (Å²) in [5.41, 5.74) is 0.241. The zero-order valence-electron chi connectivity index (χ0n) is 17.2. The Balaban J connectivity index is 2.81. The van der Waals surface area contributed by atoms with Gasteiger partial charge in [-0.15, -0.1) is 0 Å². The highest BCUT2D eigenvalue weighted by Gasteiger charge is 2.20. The zero-order chi connectivity index (χ0) is 21.8. The molecule has 0 aromatic carbocycles. The molecule has 1 aromatic rings. The second-order valence-corrected chi connectivity index (χ2v) is 6.80. The Hall–Kier alpha value is -3.09. The summed E-state index contributed by atoms with van der Waals surface area (Å²) in [4.78, 5) is 35.1. The topological polar surface area (TPSA) is 117 Å². The van der Waals surface area contributed by atoms with Gasteiger partial charge in [0.25, 0.3) is 0 Å². The molecule has 1 heterocycles. The van der Waals surface area contributed by atoms with Gasteiger partial charge in [0.15, 0.2) is 5.78 Å². The van der Waals surface area contributed by atoms with Gasteiger partial charge in [-0.05, 0) is 45.1 Å². The molecule has 0 radical (unpaired) electrons. The van der Waals surface area contributed by atoms with Crippen LogP contribution in [0, 0.1) is 0 Å². The van der Waals surface area contributed by atoms with E-state index in [1.54, 1.807) is 19.1 Å². The van der Waals surface area contributed by atoms with E-state index in [0.717, 1.165) is 24.8 Å². The molecule has 0 spiro atoms. The zero-order valence-corrected chi connectivity index (χ0v) is 17.2. The average molecular weight is 403 g/mol. The van der Waals surface area contributed by atoms with Crippen molar-refractivity contribution in [2.45, 2.75) is 59.3 Å².